The van der Waals surface area contributed by atoms with Gasteiger partial charge in [0.15, 0.2) is 0 Å². The van der Waals surface area contributed by atoms with Gasteiger partial charge >= 0.3 is 5.97 Å². The van der Waals surface area contributed by atoms with Gasteiger partial charge < -0.3 is 5.11 Å². The molecule has 0 amide bonds. The van der Waals surface area contributed by atoms with Crippen molar-refractivity contribution in [2.45, 2.75) is 56.7 Å². The average molecular weight is 219 g/mol. The number of carboxylic acids is 1. The summed E-state index contributed by atoms with van der Waals surface area (Å²) in [5.74, 6) is -0.130. The monoisotopic (exact) mass is 218 g/mol. The first-order valence-electron chi connectivity index (χ1n) is 5.51. The standard InChI is InChI=1S/C11H19ClO2/c1-2-3-4-9-5-7-11(12,8-6-9)10(13)14/h9H,2-8H2,1H3,(H,13,14). The van der Waals surface area contributed by atoms with Crippen molar-refractivity contribution in [1.82, 2.24) is 0 Å². The van der Waals surface area contributed by atoms with Gasteiger partial charge in [0.1, 0.15) is 4.87 Å². The molecular formula is C11H19ClO2. The van der Waals surface area contributed by atoms with Crippen molar-refractivity contribution in [3.05, 3.63) is 0 Å². The Hall–Kier alpha value is -0.240. The number of halogens is 1. The molecule has 1 aliphatic rings. The molecule has 1 N–H and O–H groups in total. The second kappa shape index (κ2) is 5.01. The molecule has 82 valence electrons. The fraction of sp³-hybridized carbons (Fsp3) is 0.909. The summed E-state index contributed by atoms with van der Waals surface area (Å²) < 4.78 is 0. The zero-order valence-corrected chi connectivity index (χ0v) is 9.52. The molecule has 14 heavy (non-hydrogen) atoms. The first kappa shape index (κ1) is 11.8. The Labute approximate surface area is 90.6 Å². The maximum Gasteiger partial charge on any atom is 0.324 e. The summed E-state index contributed by atoms with van der Waals surface area (Å²) >= 11 is 6.01. The van der Waals surface area contributed by atoms with Crippen LogP contribution in [0, 0.1) is 5.92 Å². The summed E-state index contributed by atoms with van der Waals surface area (Å²) in [6.45, 7) is 2.19. The van der Waals surface area contributed by atoms with Gasteiger partial charge in [0, 0.05) is 0 Å². The highest BCUT2D eigenvalue weighted by Gasteiger charge is 2.39. The van der Waals surface area contributed by atoms with Gasteiger partial charge in [-0.1, -0.05) is 26.2 Å². The molecule has 0 aromatic heterocycles. The second-order valence-electron chi connectivity index (χ2n) is 4.36. The Morgan fingerprint density at radius 3 is 2.50 bits per heavy atom. The lowest BCUT2D eigenvalue weighted by Gasteiger charge is -2.31. The van der Waals surface area contributed by atoms with E-state index in [-0.39, 0.29) is 0 Å². The predicted molar refractivity (Wildman–Crippen MR) is 57.7 cm³/mol. The third-order valence-electron chi connectivity index (χ3n) is 3.25. The molecule has 0 unspecified atom stereocenters. The van der Waals surface area contributed by atoms with Crippen molar-refractivity contribution in [3.63, 3.8) is 0 Å². The van der Waals surface area contributed by atoms with Gasteiger partial charge in [-0.3, -0.25) is 4.79 Å². The molecule has 1 aliphatic carbocycles. The molecule has 0 bridgehead atoms. The van der Waals surface area contributed by atoms with Crippen LogP contribution in [-0.4, -0.2) is 16.0 Å². The SMILES string of the molecule is CCCCC1CCC(Cl)(C(=O)O)CC1. The van der Waals surface area contributed by atoms with E-state index < -0.39 is 10.8 Å². The predicted octanol–water partition coefficient (Wildman–Crippen LogP) is 3.43. The zero-order valence-electron chi connectivity index (χ0n) is 8.76. The van der Waals surface area contributed by atoms with E-state index in [0.717, 1.165) is 12.8 Å². The Balaban J connectivity index is 2.34. The van der Waals surface area contributed by atoms with Crippen LogP contribution in [-0.2, 0) is 4.79 Å². The average Bonchev–Trinajstić information content (AvgIpc) is 2.17. The molecular weight excluding hydrogens is 200 g/mol. The van der Waals surface area contributed by atoms with Crippen LogP contribution in [0.2, 0.25) is 0 Å². The third-order valence-corrected chi connectivity index (χ3v) is 3.79. The number of alkyl halides is 1. The second-order valence-corrected chi connectivity index (χ2v) is 5.08. The minimum atomic E-state index is -0.956. The van der Waals surface area contributed by atoms with E-state index in [9.17, 15) is 4.79 Å². The number of aliphatic carboxylic acids is 1. The van der Waals surface area contributed by atoms with Crippen LogP contribution >= 0.6 is 11.6 Å². The quantitative estimate of drug-likeness (QED) is 0.735. The van der Waals surface area contributed by atoms with E-state index in [1.807, 2.05) is 0 Å². The topological polar surface area (TPSA) is 37.3 Å². The molecule has 0 aromatic rings. The minimum absolute atomic E-state index is 0.637. The summed E-state index contributed by atoms with van der Waals surface area (Å²) in [5, 5.41) is 8.93. The van der Waals surface area contributed by atoms with Crippen LogP contribution in [0.3, 0.4) is 0 Å². The van der Waals surface area contributed by atoms with Crippen molar-refractivity contribution in [2.75, 3.05) is 0 Å². The number of carboxylic acid groups (broad SMARTS) is 1. The van der Waals surface area contributed by atoms with Gasteiger partial charge in [-0.2, -0.15) is 0 Å². The van der Waals surface area contributed by atoms with Crippen molar-refractivity contribution in [1.29, 1.82) is 0 Å². The summed E-state index contributed by atoms with van der Waals surface area (Å²) in [6.07, 6.45) is 6.96. The molecule has 0 spiro atoms. The van der Waals surface area contributed by atoms with Gasteiger partial charge in [-0.25, -0.2) is 0 Å². The van der Waals surface area contributed by atoms with E-state index in [0.29, 0.717) is 18.8 Å². The van der Waals surface area contributed by atoms with Crippen LogP contribution in [0.25, 0.3) is 0 Å². The number of rotatable bonds is 4. The number of carbonyl (C=O) groups is 1. The minimum Gasteiger partial charge on any atom is -0.480 e. The maximum absolute atomic E-state index is 10.9. The van der Waals surface area contributed by atoms with Gasteiger partial charge in [-0.05, 0) is 31.6 Å². The lowest BCUT2D eigenvalue weighted by molar-refractivity contribution is -0.141. The van der Waals surface area contributed by atoms with Crippen molar-refractivity contribution in [2.24, 2.45) is 5.92 Å². The normalized spacial score (nSPS) is 32.9. The first-order valence-corrected chi connectivity index (χ1v) is 5.88. The van der Waals surface area contributed by atoms with E-state index >= 15 is 0 Å². The largest absolute Gasteiger partial charge is 0.480 e. The van der Waals surface area contributed by atoms with E-state index in [1.165, 1.54) is 19.3 Å². The highest BCUT2D eigenvalue weighted by molar-refractivity contribution is 6.33. The molecule has 0 aliphatic heterocycles. The number of hydrogen-bond donors (Lipinski definition) is 1. The molecule has 2 nitrogen and oxygen atoms in total. The molecule has 0 saturated heterocycles. The highest BCUT2D eigenvalue weighted by Crippen LogP contribution is 2.38. The first-order chi connectivity index (χ1) is 6.58. The fourth-order valence-corrected chi connectivity index (χ4v) is 2.35. The molecule has 0 aromatic carbocycles. The Bertz CT molecular complexity index is 195. The Morgan fingerprint density at radius 2 is 2.07 bits per heavy atom. The van der Waals surface area contributed by atoms with Gasteiger partial charge in [-0.15, -0.1) is 11.6 Å². The summed E-state index contributed by atoms with van der Waals surface area (Å²) in [5.41, 5.74) is 0. The summed E-state index contributed by atoms with van der Waals surface area (Å²) in [4.78, 5) is 9.91. The van der Waals surface area contributed by atoms with Crippen molar-refractivity contribution >= 4 is 17.6 Å². The van der Waals surface area contributed by atoms with Crippen LogP contribution in [0.5, 0.6) is 0 Å². The van der Waals surface area contributed by atoms with E-state index in [2.05, 4.69) is 6.92 Å². The van der Waals surface area contributed by atoms with Crippen LogP contribution in [0.4, 0.5) is 0 Å². The van der Waals surface area contributed by atoms with Crippen LogP contribution < -0.4 is 0 Å². The molecule has 0 atom stereocenters. The van der Waals surface area contributed by atoms with Crippen LogP contribution in [0.15, 0.2) is 0 Å². The summed E-state index contributed by atoms with van der Waals surface area (Å²) in [7, 11) is 0. The van der Waals surface area contributed by atoms with Gasteiger partial charge in [0.2, 0.25) is 0 Å². The maximum atomic E-state index is 10.9. The number of unbranched alkanes of at least 4 members (excludes halogenated alkanes) is 1. The van der Waals surface area contributed by atoms with Gasteiger partial charge in [0.05, 0.1) is 0 Å². The van der Waals surface area contributed by atoms with E-state index in [1.54, 1.807) is 0 Å². The Morgan fingerprint density at radius 1 is 1.50 bits per heavy atom. The Kier molecular flexibility index (Phi) is 4.24. The molecule has 3 heteroatoms. The smallest absolute Gasteiger partial charge is 0.324 e. The molecule has 1 rings (SSSR count). The third kappa shape index (κ3) is 2.88. The fourth-order valence-electron chi connectivity index (χ4n) is 2.13. The summed E-state index contributed by atoms with van der Waals surface area (Å²) in [6, 6.07) is 0. The van der Waals surface area contributed by atoms with Gasteiger partial charge in [0.25, 0.3) is 0 Å². The van der Waals surface area contributed by atoms with Crippen molar-refractivity contribution < 1.29 is 9.90 Å². The zero-order chi connectivity index (χ0) is 10.6. The molecule has 1 fully saturated rings. The highest BCUT2D eigenvalue weighted by atomic mass is 35.5. The lowest BCUT2D eigenvalue weighted by atomic mass is 9.79. The molecule has 0 radical (unpaired) electrons. The molecule has 1 saturated carbocycles. The van der Waals surface area contributed by atoms with Crippen molar-refractivity contribution in [3.8, 4) is 0 Å². The number of hydrogen-bond acceptors (Lipinski definition) is 1. The molecule has 0 heterocycles. The van der Waals surface area contributed by atoms with Crippen LogP contribution in [0.1, 0.15) is 51.9 Å². The lowest BCUT2D eigenvalue weighted by Crippen LogP contribution is -2.36. The van der Waals surface area contributed by atoms with E-state index in [4.69, 9.17) is 16.7 Å².